The normalized spacial score (nSPS) is 34.9. The molecular weight excluding hydrogens is 170 g/mol. The molecule has 2 aliphatic rings. The minimum atomic E-state index is -0.426. The predicted octanol–water partition coefficient (Wildman–Crippen LogP) is 0.423. The van der Waals surface area contributed by atoms with Gasteiger partial charge in [0, 0.05) is 12.6 Å². The second-order valence-electron chi connectivity index (χ2n) is 3.65. The van der Waals surface area contributed by atoms with Crippen molar-refractivity contribution in [1.29, 1.82) is 0 Å². The quantitative estimate of drug-likeness (QED) is 0.457. The molecule has 0 aromatic carbocycles. The zero-order chi connectivity index (χ0) is 9.26. The molecule has 0 aromatic heterocycles. The molecule has 5 nitrogen and oxygen atoms in total. The molecule has 5 heteroatoms. The third-order valence-electron chi connectivity index (χ3n) is 2.79. The molecule has 1 saturated heterocycles. The van der Waals surface area contributed by atoms with Crippen molar-refractivity contribution in [2.24, 2.45) is 5.92 Å². The van der Waals surface area contributed by atoms with Crippen LogP contribution in [-0.4, -0.2) is 17.5 Å². The molecule has 0 radical (unpaired) electrons. The van der Waals surface area contributed by atoms with E-state index < -0.39 is 4.92 Å². The van der Waals surface area contributed by atoms with Crippen molar-refractivity contribution in [3.8, 4) is 0 Å². The number of rotatable bonds is 1. The highest BCUT2D eigenvalue weighted by molar-refractivity contribution is 5.03. The molecule has 2 N–H and O–H groups in total. The van der Waals surface area contributed by atoms with Crippen molar-refractivity contribution in [3.63, 3.8) is 0 Å². The Morgan fingerprint density at radius 3 is 3.15 bits per heavy atom. The van der Waals surface area contributed by atoms with Crippen LogP contribution in [0.4, 0.5) is 0 Å². The van der Waals surface area contributed by atoms with E-state index in [1.54, 1.807) is 0 Å². The number of nitrogens with zero attached hydrogens (tertiary/aromatic N) is 1. The molecule has 0 aromatic rings. The van der Waals surface area contributed by atoms with E-state index >= 15 is 0 Å². The average molecular weight is 183 g/mol. The van der Waals surface area contributed by atoms with E-state index in [4.69, 9.17) is 0 Å². The number of hydrogen-bond donors (Lipinski definition) is 2. The first-order valence-corrected chi connectivity index (χ1v) is 4.61. The lowest BCUT2D eigenvalue weighted by Gasteiger charge is -2.29. The van der Waals surface area contributed by atoms with Gasteiger partial charge in [0.05, 0.1) is 4.92 Å². The van der Waals surface area contributed by atoms with Crippen LogP contribution in [0.1, 0.15) is 19.3 Å². The fourth-order valence-corrected chi connectivity index (χ4v) is 2.15. The Balaban J connectivity index is 2.00. The van der Waals surface area contributed by atoms with Crippen LogP contribution in [0, 0.1) is 16.0 Å². The summed E-state index contributed by atoms with van der Waals surface area (Å²) in [5.74, 6) is 1.22. The Hall–Kier alpha value is -1.26. The first-order chi connectivity index (χ1) is 6.25. The van der Waals surface area contributed by atoms with Gasteiger partial charge in [-0.2, -0.15) is 0 Å². The van der Waals surface area contributed by atoms with Gasteiger partial charge >= 0.3 is 0 Å². The van der Waals surface area contributed by atoms with E-state index in [0.29, 0.717) is 17.8 Å². The van der Waals surface area contributed by atoms with Gasteiger partial charge in [-0.15, -0.1) is 0 Å². The van der Waals surface area contributed by atoms with Gasteiger partial charge in [-0.3, -0.25) is 10.1 Å². The van der Waals surface area contributed by atoms with Gasteiger partial charge in [0.2, 0.25) is 0 Å². The summed E-state index contributed by atoms with van der Waals surface area (Å²) in [5.41, 5.74) is 0. The number of nitro groups is 1. The summed E-state index contributed by atoms with van der Waals surface area (Å²) < 4.78 is 0. The Bertz CT molecular complexity index is 252. The summed E-state index contributed by atoms with van der Waals surface area (Å²) in [6, 6.07) is 0.451. The van der Waals surface area contributed by atoms with E-state index in [-0.39, 0.29) is 0 Å². The van der Waals surface area contributed by atoms with Crippen molar-refractivity contribution in [2.45, 2.75) is 25.3 Å². The fraction of sp³-hybridized carbons (Fsp3) is 0.750. The standard InChI is InChI=1S/C8H13N3O2/c12-11(13)5-8-9-4-6-2-1-3-7(6)10-8/h5-7,9-10H,1-4H2/b8-5-. The van der Waals surface area contributed by atoms with Crippen LogP contribution in [-0.2, 0) is 0 Å². The molecular formula is C8H13N3O2. The molecule has 0 spiro atoms. The molecule has 13 heavy (non-hydrogen) atoms. The molecule has 1 aliphatic carbocycles. The topological polar surface area (TPSA) is 67.2 Å². The predicted molar refractivity (Wildman–Crippen MR) is 47.3 cm³/mol. The maximum absolute atomic E-state index is 10.2. The first kappa shape index (κ1) is 8.34. The molecule has 2 fully saturated rings. The second kappa shape index (κ2) is 3.24. The average Bonchev–Trinajstić information content (AvgIpc) is 2.49. The van der Waals surface area contributed by atoms with Gasteiger partial charge in [-0.05, 0) is 18.8 Å². The smallest absolute Gasteiger partial charge is 0.274 e. The van der Waals surface area contributed by atoms with Crippen LogP contribution in [0.5, 0.6) is 0 Å². The monoisotopic (exact) mass is 183 g/mol. The highest BCUT2D eigenvalue weighted by atomic mass is 16.6. The molecule has 1 aliphatic heterocycles. The molecule has 0 amide bonds. The molecule has 1 saturated carbocycles. The van der Waals surface area contributed by atoms with E-state index in [9.17, 15) is 10.1 Å². The fourth-order valence-electron chi connectivity index (χ4n) is 2.15. The van der Waals surface area contributed by atoms with Crippen LogP contribution >= 0.6 is 0 Å². The van der Waals surface area contributed by atoms with Crippen molar-refractivity contribution < 1.29 is 4.92 Å². The SMILES string of the molecule is O=[N+]([O-])/C=C1/NCC2CCCC2N1. The largest absolute Gasteiger partial charge is 0.366 e. The van der Waals surface area contributed by atoms with Crippen molar-refractivity contribution in [2.75, 3.05) is 6.54 Å². The summed E-state index contributed by atoms with van der Waals surface area (Å²) in [4.78, 5) is 9.78. The second-order valence-corrected chi connectivity index (χ2v) is 3.65. The number of nitrogens with one attached hydrogen (secondary N) is 2. The Morgan fingerprint density at radius 2 is 2.38 bits per heavy atom. The first-order valence-electron chi connectivity index (χ1n) is 4.61. The molecule has 72 valence electrons. The zero-order valence-corrected chi connectivity index (χ0v) is 7.32. The van der Waals surface area contributed by atoms with Gasteiger partial charge in [-0.1, -0.05) is 6.42 Å². The van der Waals surface area contributed by atoms with Crippen LogP contribution in [0.3, 0.4) is 0 Å². The Morgan fingerprint density at radius 1 is 1.54 bits per heavy atom. The van der Waals surface area contributed by atoms with Gasteiger partial charge in [0.15, 0.2) is 5.82 Å². The third kappa shape index (κ3) is 1.74. The maximum atomic E-state index is 10.2. The number of hydrogen-bond acceptors (Lipinski definition) is 4. The molecule has 0 bridgehead atoms. The van der Waals surface area contributed by atoms with Crippen LogP contribution < -0.4 is 10.6 Å². The third-order valence-corrected chi connectivity index (χ3v) is 2.79. The summed E-state index contributed by atoms with van der Waals surface area (Å²) >= 11 is 0. The Labute approximate surface area is 76.3 Å². The van der Waals surface area contributed by atoms with E-state index in [1.165, 1.54) is 12.8 Å². The van der Waals surface area contributed by atoms with Gasteiger partial charge in [-0.25, -0.2) is 0 Å². The van der Waals surface area contributed by atoms with Crippen LogP contribution in [0.2, 0.25) is 0 Å². The van der Waals surface area contributed by atoms with Crippen LogP contribution in [0.15, 0.2) is 12.0 Å². The number of fused-ring (bicyclic) bond motifs is 1. The van der Waals surface area contributed by atoms with Crippen molar-refractivity contribution in [3.05, 3.63) is 22.1 Å². The highest BCUT2D eigenvalue weighted by Crippen LogP contribution is 2.27. The molecule has 2 rings (SSSR count). The van der Waals surface area contributed by atoms with Crippen LogP contribution in [0.25, 0.3) is 0 Å². The Kier molecular flexibility index (Phi) is 2.08. The van der Waals surface area contributed by atoms with E-state index in [0.717, 1.165) is 19.2 Å². The van der Waals surface area contributed by atoms with Gasteiger partial charge in [0.1, 0.15) is 0 Å². The summed E-state index contributed by atoms with van der Waals surface area (Å²) in [7, 11) is 0. The summed E-state index contributed by atoms with van der Waals surface area (Å²) in [6.45, 7) is 0.872. The van der Waals surface area contributed by atoms with Crippen molar-refractivity contribution in [1.82, 2.24) is 10.6 Å². The molecule has 2 atom stereocenters. The highest BCUT2D eigenvalue weighted by Gasteiger charge is 2.31. The lowest BCUT2D eigenvalue weighted by atomic mass is 10.0. The maximum Gasteiger partial charge on any atom is 0.274 e. The van der Waals surface area contributed by atoms with Crippen molar-refractivity contribution >= 4 is 0 Å². The minimum absolute atomic E-state index is 0.426. The minimum Gasteiger partial charge on any atom is -0.366 e. The zero-order valence-electron chi connectivity index (χ0n) is 7.32. The van der Waals surface area contributed by atoms with E-state index in [2.05, 4.69) is 10.6 Å². The lowest BCUT2D eigenvalue weighted by Crippen LogP contribution is -2.47. The van der Waals surface area contributed by atoms with E-state index in [1.807, 2.05) is 0 Å². The molecule has 2 unspecified atom stereocenters. The summed E-state index contributed by atoms with van der Waals surface area (Å²) in [6.07, 6.45) is 4.61. The lowest BCUT2D eigenvalue weighted by molar-refractivity contribution is -0.404. The van der Waals surface area contributed by atoms with Gasteiger partial charge in [0.25, 0.3) is 6.20 Å². The summed E-state index contributed by atoms with van der Waals surface area (Å²) in [5, 5.41) is 16.4. The molecule has 1 heterocycles. The van der Waals surface area contributed by atoms with Gasteiger partial charge < -0.3 is 10.6 Å².